The zero-order chi connectivity index (χ0) is 14.1. The minimum absolute atomic E-state index is 0.185. The molecule has 1 fully saturated rings. The summed E-state index contributed by atoms with van der Waals surface area (Å²) < 4.78 is 1.43. The Kier molecular flexibility index (Phi) is 3.10. The Morgan fingerprint density at radius 1 is 1.50 bits per heavy atom. The highest BCUT2D eigenvalue weighted by molar-refractivity contribution is 5.42. The summed E-state index contributed by atoms with van der Waals surface area (Å²) in [7, 11) is 0. The average Bonchev–Trinajstić information content (AvgIpc) is 3.05. The van der Waals surface area contributed by atoms with Crippen molar-refractivity contribution in [3.8, 4) is 11.8 Å². The molecule has 0 saturated carbocycles. The molecule has 1 aliphatic heterocycles. The smallest absolute Gasteiger partial charge is 0.347 e. The van der Waals surface area contributed by atoms with Crippen LogP contribution in [0.1, 0.15) is 23.9 Å². The largest absolute Gasteiger partial charge is 0.392 e. The number of hydrogen-bond acceptors (Lipinski definition) is 5. The zero-order valence-electron chi connectivity index (χ0n) is 10.6. The second kappa shape index (κ2) is 4.92. The number of H-pyrrole nitrogens is 1. The van der Waals surface area contributed by atoms with Crippen LogP contribution in [-0.2, 0) is 0 Å². The van der Waals surface area contributed by atoms with Crippen molar-refractivity contribution in [2.45, 2.75) is 18.6 Å². The Morgan fingerprint density at radius 2 is 2.35 bits per heavy atom. The van der Waals surface area contributed by atoms with Crippen LogP contribution in [0.5, 0.6) is 0 Å². The lowest BCUT2D eigenvalue weighted by Crippen LogP contribution is -2.22. The van der Waals surface area contributed by atoms with E-state index in [2.05, 4.69) is 15.5 Å². The molecule has 20 heavy (non-hydrogen) atoms. The Hall–Kier alpha value is -2.43. The van der Waals surface area contributed by atoms with Gasteiger partial charge in [0.2, 0.25) is 0 Å². The number of aromatic amines is 1. The molecule has 1 aliphatic rings. The molecule has 0 aliphatic carbocycles. The maximum atomic E-state index is 12.0. The summed E-state index contributed by atoms with van der Waals surface area (Å²) in [6.45, 7) is 0.476. The van der Waals surface area contributed by atoms with E-state index < -0.39 is 6.10 Å². The summed E-state index contributed by atoms with van der Waals surface area (Å²) in [5, 5.41) is 28.1. The molecule has 0 amide bonds. The van der Waals surface area contributed by atoms with Gasteiger partial charge in [0.15, 0.2) is 5.82 Å². The van der Waals surface area contributed by atoms with Crippen molar-refractivity contribution in [3.05, 3.63) is 46.1 Å². The summed E-state index contributed by atoms with van der Waals surface area (Å²) >= 11 is 0. The molecule has 2 atom stereocenters. The number of rotatable bonds is 2. The number of aliphatic hydroxyl groups excluding tert-OH is 1. The number of nitrogens with one attached hydrogen (secondary N) is 2. The predicted molar refractivity (Wildman–Crippen MR) is 70.3 cm³/mol. The number of benzene rings is 1. The second-order valence-electron chi connectivity index (χ2n) is 4.73. The van der Waals surface area contributed by atoms with Crippen molar-refractivity contribution < 1.29 is 5.11 Å². The lowest BCUT2D eigenvalue weighted by molar-refractivity contribution is 0.193. The Bertz CT molecular complexity index is 727. The molecular weight excluding hydrogens is 258 g/mol. The van der Waals surface area contributed by atoms with Crippen molar-refractivity contribution in [3.63, 3.8) is 0 Å². The molecule has 0 spiro atoms. The van der Waals surface area contributed by atoms with Gasteiger partial charge in [-0.1, -0.05) is 6.07 Å². The normalized spacial score (nSPS) is 21.8. The van der Waals surface area contributed by atoms with Crippen LogP contribution in [0, 0.1) is 11.3 Å². The van der Waals surface area contributed by atoms with E-state index in [1.165, 1.54) is 4.57 Å². The van der Waals surface area contributed by atoms with E-state index in [1.54, 1.807) is 24.3 Å². The van der Waals surface area contributed by atoms with E-state index in [9.17, 15) is 9.90 Å². The van der Waals surface area contributed by atoms with E-state index in [1.807, 2.05) is 6.07 Å². The average molecular weight is 271 g/mol. The topological polar surface area (TPSA) is 107 Å². The van der Waals surface area contributed by atoms with Crippen LogP contribution in [0.15, 0.2) is 29.1 Å². The first-order chi connectivity index (χ1) is 9.69. The molecule has 7 nitrogen and oxygen atoms in total. The molecular formula is C13H13N5O2. The highest BCUT2D eigenvalue weighted by Gasteiger charge is 2.28. The fourth-order valence-electron chi connectivity index (χ4n) is 2.42. The van der Waals surface area contributed by atoms with Gasteiger partial charge < -0.3 is 10.4 Å². The summed E-state index contributed by atoms with van der Waals surface area (Å²) in [5.41, 5.74) is 0.695. The van der Waals surface area contributed by atoms with Crippen molar-refractivity contribution in [1.29, 1.82) is 5.26 Å². The van der Waals surface area contributed by atoms with Crippen molar-refractivity contribution in [1.82, 2.24) is 20.1 Å². The second-order valence-corrected chi connectivity index (χ2v) is 4.73. The molecule has 2 aromatic rings. The van der Waals surface area contributed by atoms with Crippen LogP contribution < -0.4 is 11.0 Å². The molecule has 102 valence electrons. The van der Waals surface area contributed by atoms with Crippen LogP contribution in [0.2, 0.25) is 0 Å². The Labute approximate surface area is 114 Å². The molecule has 1 saturated heterocycles. The van der Waals surface area contributed by atoms with E-state index in [0.717, 1.165) is 0 Å². The molecule has 0 bridgehead atoms. The number of β-amino-alcohol motifs (C(OH)–C–C–N with tert-alkyl or cyclic N) is 1. The van der Waals surface area contributed by atoms with Crippen LogP contribution in [-0.4, -0.2) is 32.5 Å². The third kappa shape index (κ3) is 2.11. The van der Waals surface area contributed by atoms with Gasteiger partial charge in [-0.3, -0.25) is 0 Å². The number of nitrogens with zero attached hydrogens (tertiary/aromatic N) is 3. The summed E-state index contributed by atoms with van der Waals surface area (Å²) in [4.78, 5) is 12.0. The molecule has 3 rings (SSSR count). The van der Waals surface area contributed by atoms with Gasteiger partial charge in [-0.2, -0.15) is 10.4 Å². The summed E-state index contributed by atoms with van der Waals surface area (Å²) in [5.74, 6) is 0.515. The first-order valence-electron chi connectivity index (χ1n) is 6.28. The van der Waals surface area contributed by atoms with Gasteiger partial charge in [0.25, 0.3) is 0 Å². The third-order valence-electron chi connectivity index (χ3n) is 3.35. The lowest BCUT2D eigenvalue weighted by Gasteiger charge is -2.11. The standard InChI is InChI=1S/C13H13N5O2/c14-6-8-2-1-3-9(4-8)18-12(16-17-13(18)20)11-5-10(19)7-15-11/h1-4,10-11,15,19H,5,7H2,(H,17,20)/t10-,11+/m1/s1. The molecule has 1 aromatic carbocycles. The maximum Gasteiger partial charge on any atom is 0.347 e. The highest BCUT2D eigenvalue weighted by Crippen LogP contribution is 2.22. The van der Waals surface area contributed by atoms with E-state index in [-0.39, 0.29) is 11.7 Å². The van der Waals surface area contributed by atoms with Gasteiger partial charge in [0.05, 0.1) is 29.5 Å². The zero-order valence-corrected chi connectivity index (χ0v) is 10.6. The minimum atomic E-state index is -0.439. The quantitative estimate of drug-likeness (QED) is 0.703. The van der Waals surface area contributed by atoms with Crippen LogP contribution in [0.4, 0.5) is 0 Å². The van der Waals surface area contributed by atoms with Gasteiger partial charge >= 0.3 is 5.69 Å². The van der Waals surface area contributed by atoms with Crippen LogP contribution in [0.3, 0.4) is 0 Å². The number of nitriles is 1. The monoisotopic (exact) mass is 271 g/mol. The number of aliphatic hydroxyl groups is 1. The Balaban J connectivity index is 2.07. The lowest BCUT2D eigenvalue weighted by atomic mass is 10.1. The van der Waals surface area contributed by atoms with Gasteiger partial charge in [-0.25, -0.2) is 14.5 Å². The first kappa shape index (κ1) is 12.6. The van der Waals surface area contributed by atoms with E-state index in [0.29, 0.717) is 30.0 Å². The SMILES string of the molecule is N#Cc1cccc(-n2c([C@@H]3C[C@@H](O)CN3)n[nH]c2=O)c1. The van der Waals surface area contributed by atoms with Crippen molar-refractivity contribution in [2.75, 3.05) is 6.54 Å². The molecule has 0 unspecified atom stereocenters. The molecule has 7 heteroatoms. The predicted octanol–water partition coefficient (Wildman–Crippen LogP) is -0.172. The van der Waals surface area contributed by atoms with Crippen LogP contribution in [0.25, 0.3) is 5.69 Å². The number of hydrogen-bond donors (Lipinski definition) is 3. The molecule has 3 N–H and O–H groups in total. The summed E-state index contributed by atoms with van der Waals surface area (Å²) in [6.07, 6.45) is 0.0630. The van der Waals surface area contributed by atoms with Crippen molar-refractivity contribution >= 4 is 0 Å². The maximum absolute atomic E-state index is 12.0. The van der Waals surface area contributed by atoms with E-state index in [4.69, 9.17) is 5.26 Å². The summed E-state index contributed by atoms with van der Waals surface area (Å²) in [6, 6.07) is 8.62. The number of aromatic nitrogens is 3. The molecule has 2 heterocycles. The van der Waals surface area contributed by atoms with E-state index >= 15 is 0 Å². The fraction of sp³-hybridized carbons (Fsp3) is 0.308. The van der Waals surface area contributed by atoms with Crippen LogP contribution >= 0.6 is 0 Å². The van der Waals surface area contributed by atoms with Gasteiger partial charge in [0.1, 0.15) is 0 Å². The van der Waals surface area contributed by atoms with Gasteiger partial charge in [-0.05, 0) is 24.6 Å². The molecule has 0 radical (unpaired) electrons. The van der Waals surface area contributed by atoms with Gasteiger partial charge in [0, 0.05) is 6.54 Å². The fourth-order valence-corrected chi connectivity index (χ4v) is 2.42. The third-order valence-corrected chi connectivity index (χ3v) is 3.35. The minimum Gasteiger partial charge on any atom is -0.392 e. The van der Waals surface area contributed by atoms with Gasteiger partial charge in [-0.15, -0.1) is 0 Å². The Morgan fingerprint density at radius 3 is 3.05 bits per heavy atom. The molecule has 1 aromatic heterocycles. The van der Waals surface area contributed by atoms with Crippen molar-refractivity contribution in [2.24, 2.45) is 0 Å². The first-order valence-corrected chi connectivity index (χ1v) is 6.28. The highest BCUT2D eigenvalue weighted by atomic mass is 16.3.